The molecule has 0 spiro atoms. The first kappa shape index (κ1) is 23.7. The summed E-state index contributed by atoms with van der Waals surface area (Å²) in [5.74, 6) is 0.653. The van der Waals surface area contributed by atoms with Gasteiger partial charge in [0, 0.05) is 18.8 Å². The van der Waals surface area contributed by atoms with Crippen molar-refractivity contribution in [3.63, 3.8) is 0 Å². The summed E-state index contributed by atoms with van der Waals surface area (Å²) in [5, 5.41) is 2.88. The molecule has 0 unspecified atom stereocenters. The van der Waals surface area contributed by atoms with Crippen molar-refractivity contribution in [1.82, 2.24) is 5.32 Å². The van der Waals surface area contributed by atoms with Crippen LogP contribution in [0.25, 0.3) is 0 Å². The van der Waals surface area contributed by atoms with E-state index in [9.17, 15) is 4.79 Å². The van der Waals surface area contributed by atoms with E-state index in [0.717, 1.165) is 6.42 Å². The van der Waals surface area contributed by atoms with Crippen LogP contribution in [-0.2, 0) is 9.53 Å². The molecular formula is C20H40ClNO2. The second kappa shape index (κ2) is 20.8. The molecule has 1 N–H and O–H groups in total. The zero-order valence-corrected chi connectivity index (χ0v) is 16.7. The van der Waals surface area contributed by atoms with Crippen LogP contribution >= 0.6 is 11.6 Å². The molecule has 0 fully saturated rings. The Kier molecular flexibility index (Phi) is 20.5. The fraction of sp³-hybridized carbons (Fsp3) is 0.950. The average molecular weight is 362 g/mol. The van der Waals surface area contributed by atoms with Gasteiger partial charge in [-0.25, -0.2) is 0 Å². The highest BCUT2D eigenvalue weighted by atomic mass is 35.5. The molecule has 24 heavy (non-hydrogen) atoms. The summed E-state index contributed by atoms with van der Waals surface area (Å²) in [4.78, 5) is 11.6. The first-order valence-corrected chi connectivity index (χ1v) is 10.7. The molecule has 0 aliphatic rings. The number of amides is 1. The number of halogens is 1. The van der Waals surface area contributed by atoms with E-state index in [0.29, 0.717) is 32.1 Å². The number of rotatable bonds is 19. The number of nitrogens with one attached hydrogen (secondary N) is 1. The molecule has 0 heterocycles. The number of hydrogen-bond donors (Lipinski definition) is 1. The maximum atomic E-state index is 11.6. The summed E-state index contributed by atoms with van der Waals surface area (Å²) in [6.45, 7) is 3.97. The number of carbonyl (C=O) groups is 1. The zero-order valence-electron chi connectivity index (χ0n) is 15.9. The largest absolute Gasteiger partial charge is 0.378 e. The number of hydrogen-bond acceptors (Lipinski definition) is 2. The van der Waals surface area contributed by atoms with Crippen molar-refractivity contribution in [3.8, 4) is 0 Å². The molecule has 1 amide bonds. The Morgan fingerprint density at radius 2 is 1.29 bits per heavy atom. The molecule has 0 aliphatic heterocycles. The lowest BCUT2D eigenvalue weighted by atomic mass is 10.0. The topological polar surface area (TPSA) is 38.3 Å². The lowest BCUT2D eigenvalue weighted by Gasteiger charge is -2.06. The highest BCUT2D eigenvalue weighted by Crippen LogP contribution is 2.12. The minimum atomic E-state index is 0.146. The normalized spacial score (nSPS) is 10.9. The standard InChI is InChI=1S/C20H40ClNO2/c1-2-3-4-5-6-7-8-9-10-11-12-13-14-15-20(23)22-17-19-24-18-16-21/h2-19H2,1H3,(H,22,23). The fourth-order valence-electron chi connectivity index (χ4n) is 2.81. The Bertz CT molecular complexity index is 262. The molecule has 0 bridgehead atoms. The van der Waals surface area contributed by atoms with Gasteiger partial charge in [-0.1, -0.05) is 84.0 Å². The predicted molar refractivity (Wildman–Crippen MR) is 105 cm³/mol. The molecule has 0 radical (unpaired) electrons. The van der Waals surface area contributed by atoms with Crippen LogP contribution in [0.2, 0.25) is 0 Å². The van der Waals surface area contributed by atoms with Crippen molar-refractivity contribution >= 4 is 17.5 Å². The molecule has 3 nitrogen and oxygen atoms in total. The Morgan fingerprint density at radius 3 is 1.79 bits per heavy atom. The second-order valence-corrected chi connectivity index (χ2v) is 7.02. The minimum absolute atomic E-state index is 0.146. The fourth-order valence-corrected chi connectivity index (χ4v) is 2.92. The van der Waals surface area contributed by atoms with Gasteiger partial charge in [-0.2, -0.15) is 0 Å². The van der Waals surface area contributed by atoms with Crippen molar-refractivity contribution in [2.24, 2.45) is 0 Å². The van der Waals surface area contributed by atoms with Crippen LogP contribution < -0.4 is 5.32 Å². The number of alkyl halides is 1. The molecule has 0 atom stereocenters. The highest BCUT2D eigenvalue weighted by molar-refractivity contribution is 6.17. The van der Waals surface area contributed by atoms with Gasteiger partial charge in [0.2, 0.25) is 5.91 Å². The van der Waals surface area contributed by atoms with Gasteiger partial charge in [0.25, 0.3) is 0 Å². The Hall–Kier alpha value is -0.280. The van der Waals surface area contributed by atoms with Crippen LogP contribution in [0.5, 0.6) is 0 Å². The summed E-state index contributed by atoms with van der Waals surface area (Å²) in [6.07, 6.45) is 18.0. The van der Waals surface area contributed by atoms with Gasteiger partial charge < -0.3 is 10.1 Å². The summed E-state index contributed by atoms with van der Waals surface area (Å²) >= 11 is 5.50. The molecular weight excluding hydrogens is 322 g/mol. The average Bonchev–Trinajstić information content (AvgIpc) is 2.59. The number of unbranched alkanes of at least 4 members (excludes halogenated alkanes) is 12. The van der Waals surface area contributed by atoms with Gasteiger partial charge in [-0.3, -0.25) is 4.79 Å². The van der Waals surface area contributed by atoms with E-state index >= 15 is 0 Å². The van der Waals surface area contributed by atoms with E-state index in [1.165, 1.54) is 77.0 Å². The minimum Gasteiger partial charge on any atom is -0.378 e. The van der Waals surface area contributed by atoms with Crippen LogP contribution in [0, 0.1) is 0 Å². The predicted octanol–water partition coefficient (Wildman–Crippen LogP) is 5.84. The molecule has 0 aromatic rings. The van der Waals surface area contributed by atoms with E-state index in [1.807, 2.05) is 0 Å². The van der Waals surface area contributed by atoms with Crippen LogP contribution in [0.4, 0.5) is 0 Å². The van der Waals surface area contributed by atoms with Crippen molar-refractivity contribution in [3.05, 3.63) is 0 Å². The monoisotopic (exact) mass is 361 g/mol. The molecule has 0 aromatic heterocycles. The van der Waals surface area contributed by atoms with Crippen molar-refractivity contribution in [2.45, 2.75) is 96.8 Å². The zero-order chi connectivity index (χ0) is 17.7. The summed E-state index contributed by atoms with van der Waals surface area (Å²) < 4.78 is 5.21. The van der Waals surface area contributed by atoms with Crippen molar-refractivity contribution in [2.75, 3.05) is 25.6 Å². The van der Waals surface area contributed by atoms with Gasteiger partial charge in [0.05, 0.1) is 13.2 Å². The maximum absolute atomic E-state index is 11.6. The molecule has 0 aliphatic carbocycles. The van der Waals surface area contributed by atoms with E-state index < -0.39 is 0 Å². The molecule has 0 saturated carbocycles. The highest BCUT2D eigenvalue weighted by Gasteiger charge is 2.00. The molecule has 144 valence electrons. The molecule has 0 aromatic carbocycles. The third kappa shape index (κ3) is 19.8. The Morgan fingerprint density at radius 1 is 0.792 bits per heavy atom. The summed E-state index contributed by atoms with van der Waals surface area (Å²) in [6, 6.07) is 0. The molecule has 0 rings (SSSR count). The van der Waals surface area contributed by atoms with Gasteiger partial charge in [0.15, 0.2) is 0 Å². The molecule has 0 saturated heterocycles. The third-order valence-corrected chi connectivity index (χ3v) is 4.45. The van der Waals surface area contributed by atoms with E-state index in [1.54, 1.807) is 0 Å². The van der Waals surface area contributed by atoms with Crippen LogP contribution in [-0.4, -0.2) is 31.5 Å². The first-order chi connectivity index (χ1) is 11.8. The van der Waals surface area contributed by atoms with Gasteiger partial charge >= 0.3 is 0 Å². The maximum Gasteiger partial charge on any atom is 0.220 e. The lowest BCUT2D eigenvalue weighted by molar-refractivity contribution is -0.121. The van der Waals surface area contributed by atoms with Crippen LogP contribution in [0.1, 0.15) is 96.8 Å². The van der Waals surface area contributed by atoms with Crippen LogP contribution in [0.3, 0.4) is 0 Å². The van der Waals surface area contributed by atoms with Crippen LogP contribution in [0.15, 0.2) is 0 Å². The summed E-state index contributed by atoms with van der Waals surface area (Å²) in [5.41, 5.74) is 0. The van der Waals surface area contributed by atoms with Gasteiger partial charge in [0.1, 0.15) is 0 Å². The van der Waals surface area contributed by atoms with Crippen molar-refractivity contribution in [1.29, 1.82) is 0 Å². The Balaban J connectivity index is 3.10. The Labute approximate surface area is 155 Å². The number of carbonyl (C=O) groups excluding carboxylic acids is 1. The van der Waals surface area contributed by atoms with E-state index in [2.05, 4.69) is 12.2 Å². The lowest BCUT2D eigenvalue weighted by Crippen LogP contribution is -2.27. The van der Waals surface area contributed by atoms with Gasteiger partial charge in [-0.05, 0) is 6.42 Å². The van der Waals surface area contributed by atoms with E-state index in [-0.39, 0.29) is 5.91 Å². The van der Waals surface area contributed by atoms with E-state index in [4.69, 9.17) is 16.3 Å². The molecule has 4 heteroatoms. The number of ether oxygens (including phenoxy) is 1. The second-order valence-electron chi connectivity index (χ2n) is 6.64. The van der Waals surface area contributed by atoms with Crippen molar-refractivity contribution < 1.29 is 9.53 Å². The summed E-state index contributed by atoms with van der Waals surface area (Å²) in [7, 11) is 0. The third-order valence-electron chi connectivity index (χ3n) is 4.30. The first-order valence-electron chi connectivity index (χ1n) is 10.2. The SMILES string of the molecule is CCCCCCCCCCCCCCCC(=O)NCCOCCCl. The quantitative estimate of drug-likeness (QED) is 0.232. The smallest absolute Gasteiger partial charge is 0.220 e. The van der Waals surface area contributed by atoms with Gasteiger partial charge in [-0.15, -0.1) is 11.6 Å².